The maximum absolute atomic E-state index is 8.36. The number of hydrogen-bond donors (Lipinski definition) is 3. The molecule has 16 heavy (non-hydrogen) atoms. The second-order valence-corrected chi connectivity index (χ2v) is 4.79. The van der Waals surface area contributed by atoms with E-state index < -0.39 is 0 Å². The smallest absolute Gasteiger partial charge is 0.139 e. The third-order valence-corrected chi connectivity index (χ3v) is 3.17. The van der Waals surface area contributed by atoms with Crippen molar-refractivity contribution in [1.82, 2.24) is 5.32 Å². The van der Waals surface area contributed by atoms with Crippen molar-refractivity contribution in [1.29, 1.82) is 0 Å². The number of rotatable bonds is 6. The Kier molecular flexibility index (Phi) is 5.55. The molecule has 0 aromatic heterocycles. The highest BCUT2D eigenvalue weighted by atomic mass is 16.5. The molecule has 1 heterocycles. The summed E-state index contributed by atoms with van der Waals surface area (Å²) in [6, 6.07) is 0. The number of oxime groups is 1. The van der Waals surface area contributed by atoms with Crippen LogP contribution < -0.4 is 11.1 Å². The first-order chi connectivity index (χ1) is 7.66. The van der Waals surface area contributed by atoms with E-state index in [1.807, 2.05) is 0 Å². The van der Waals surface area contributed by atoms with Crippen LogP contribution in [0.25, 0.3) is 0 Å². The summed E-state index contributed by atoms with van der Waals surface area (Å²) in [6.45, 7) is 5.98. The van der Waals surface area contributed by atoms with Crippen LogP contribution in [-0.4, -0.2) is 37.3 Å². The quantitative estimate of drug-likeness (QED) is 0.208. The van der Waals surface area contributed by atoms with E-state index in [0.29, 0.717) is 17.7 Å². The zero-order valence-electron chi connectivity index (χ0n) is 10.0. The summed E-state index contributed by atoms with van der Waals surface area (Å²) in [5, 5.41) is 14.7. The Balaban J connectivity index is 2.06. The summed E-state index contributed by atoms with van der Waals surface area (Å²) < 4.78 is 5.35. The van der Waals surface area contributed by atoms with Gasteiger partial charge in [-0.1, -0.05) is 12.1 Å². The Hall–Kier alpha value is -0.810. The summed E-state index contributed by atoms with van der Waals surface area (Å²) in [5.74, 6) is 0.305. The highest BCUT2D eigenvalue weighted by molar-refractivity contribution is 5.79. The molecule has 0 radical (unpaired) electrons. The molecule has 1 rings (SSSR count). The molecule has 5 nitrogen and oxygen atoms in total. The van der Waals surface area contributed by atoms with Gasteiger partial charge < -0.3 is 21.0 Å². The third kappa shape index (κ3) is 4.81. The fourth-order valence-corrected chi connectivity index (χ4v) is 1.88. The van der Waals surface area contributed by atoms with Crippen LogP contribution in [0.4, 0.5) is 0 Å². The van der Waals surface area contributed by atoms with E-state index in [1.54, 1.807) is 0 Å². The molecule has 0 aromatic carbocycles. The van der Waals surface area contributed by atoms with Gasteiger partial charge in [-0.15, -0.1) is 0 Å². The van der Waals surface area contributed by atoms with Crippen LogP contribution in [0.1, 0.15) is 32.6 Å². The zero-order valence-corrected chi connectivity index (χ0v) is 10.0. The minimum absolute atomic E-state index is 0.305. The van der Waals surface area contributed by atoms with Crippen molar-refractivity contribution < 1.29 is 9.94 Å². The van der Waals surface area contributed by atoms with Gasteiger partial charge in [-0.25, -0.2) is 0 Å². The normalized spacial score (nSPS) is 20.9. The summed E-state index contributed by atoms with van der Waals surface area (Å²) in [7, 11) is 0. The standard InChI is InChI=1S/C11H23N3O2/c1-11(4-7-16-8-5-11)9-13-6-2-3-10(12)14-15/h13,15H,2-9H2,1H3,(H2,12,14). The Morgan fingerprint density at radius 1 is 1.50 bits per heavy atom. The lowest BCUT2D eigenvalue weighted by atomic mass is 9.82. The molecule has 4 N–H and O–H groups in total. The molecule has 0 amide bonds. The maximum Gasteiger partial charge on any atom is 0.139 e. The second kappa shape index (κ2) is 6.70. The second-order valence-electron chi connectivity index (χ2n) is 4.79. The lowest BCUT2D eigenvalue weighted by Crippen LogP contribution is -2.37. The van der Waals surface area contributed by atoms with Crippen molar-refractivity contribution in [2.45, 2.75) is 32.6 Å². The minimum atomic E-state index is 0.305. The number of ether oxygens (including phenoxy) is 1. The Bertz CT molecular complexity index is 225. The highest BCUT2D eigenvalue weighted by Gasteiger charge is 2.26. The molecule has 1 saturated heterocycles. The molecule has 1 fully saturated rings. The van der Waals surface area contributed by atoms with Gasteiger partial charge in [0.05, 0.1) is 0 Å². The fraction of sp³-hybridized carbons (Fsp3) is 0.909. The van der Waals surface area contributed by atoms with E-state index in [9.17, 15) is 0 Å². The number of nitrogens with one attached hydrogen (secondary N) is 1. The van der Waals surface area contributed by atoms with Gasteiger partial charge in [-0.05, 0) is 31.2 Å². The highest BCUT2D eigenvalue weighted by Crippen LogP contribution is 2.28. The summed E-state index contributed by atoms with van der Waals surface area (Å²) in [6.07, 6.45) is 3.80. The SMILES string of the molecule is CC1(CNCCCC(N)=NO)CCOCC1. The van der Waals surface area contributed by atoms with Crippen LogP contribution in [0.15, 0.2) is 5.16 Å². The first-order valence-corrected chi connectivity index (χ1v) is 5.91. The molecular weight excluding hydrogens is 206 g/mol. The van der Waals surface area contributed by atoms with Crippen molar-refractivity contribution in [3.05, 3.63) is 0 Å². The van der Waals surface area contributed by atoms with E-state index in [2.05, 4.69) is 17.4 Å². The number of nitrogens with two attached hydrogens (primary N) is 1. The molecule has 0 atom stereocenters. The van der Waals surface area contributed by atoms with E-state index >= 15 is 0 Å². The first kappa shape index (κ1) is 13.3. The van der Waals surface area contributed by atoms with Crippen molar-refractivity contribution in [3.63, 3.8) is 0 Å². The Labute approximate surface area is 97.0 Å². The predicted molar refractivity (Wildman–Crippen MR) is 63.7 cm³/mol. The molecule has 0 spiro atoms. The average molecular weight is 229 g/mol. The predicted octanol–water partition coefficient (Wildman–Crippen LogP) is 0.919. The molecule has 94 valence electrons. The molecule has 1 aliphatic rings. The van der Waals surface area contributed by atoms with Crippen molar-refractivity contribution in [3.8, 4) is 0 Å². The lowest BCUT2D eigenvalue weighted by Gasteiger charge is -2.33. The van der Waals surface area contributed by atoms with Crippen molar-refractivity contribution >= 4 is 5.84 Å². The molecule has 1 aliphatic heterocycles. The fourth-order valence-electron chi connectivity index (χ4n) is 1.88. The topological polar surface area (TPSA) is 79.9 Å². The summed E-state index contributed by atoms with van der Waals surface area (Å²) in [5.41, 5.74) is 5.75. The van der Waals surface area contributed by atoms with Gasteiger partial charge in [-0.2, -0.15) is 0 Å². The Morgan fingerprint density at radius 3 is 2.81 bits per heavy atom. The monoisotopic (exact) mass is 229 g/mol. The van der Waals surface area contributed by atoms with Gasteiger partial charge in [0.2, 0.25) is 0 Å². The average Bonchev–Trinajstić information content (AvgIpc) is 2.29. The minimum Gasteiger partial charge on any atom is -0.409 e. The summed E-state index contributed by atoms with van der Waals surface area (Å²) in [4.78, 5) is 0. The van der Waals surface area contributed by atoms with Crippen LogP contribution in [0.2, 0.25) is 0 Å². The molecule has 0 saturated carbocycles. The largest absolute Gasteiger partial charge is 0.409 e. The van der Waals surface area contributed by atoms with Crippen molar-refractivity contribution in [2.75, 3.05) is 26.3 Å². The Morgan fingerprint density at radius 2 is 2.19 bits per heavy atom. The van der Waals surface area contributed by atoms with Crippen LogP contribution >= 0.6 is 0 Å². The van der Waals surface area contributed by atoms with Crippen LogP contribution in [0, 0.1) is 5.41 Å². The summed E-state index contributed by atoms with van der Waals surface area (Å²) >= 11 is 0. The molecule has 0 unspecified atom stereocenters. The van der Waals surface area contributed by atoms with E-state index in [4.69, 9.17) is 15.7 Å². The molecule has 5 heteroatoms. The van der Waals surface area contributed by atoms with E-state index in [-0.39, 0.29) is 0 Å². The van der Waals surface area contributed by atoms with Crippen molar-refractivity contribution in [2.24, 2.45) is 16.3 Å². The lowest BCUT2D eigenvalue weighted by molar-refractivity contribution is 0.0242. The van der Waals surface area contributed by atoms with Gasteiger partial charge in [0.25, 0.3) is 0 Å². The molecule has 0 aromatic rings. The number of hydrogen-bond acceptors (Lipinski definition) is 4. The van der Waals surface area contributed by atoms with Gasteiger partial charge in [-0.3, -0.25) is 0 Å². The van der Waals surface area contributed by atoms with Crippen LogP contribution in [-0.2, 0) is 4.74 Å². The maximum atomic E-state index is 8.36. The third-order valence-electron chi connectivity index (χ3n) is 3.17. The van der Waals surface area contributed by atoms with Gasteiger partial charge >= 0.3 is 0 Å². The van der Waals surface area contributed by atoms with E-state index in [0.717, 1.165) is 45.6 Å². The molecular formula is C11H23N3O2. The number of nitrogens with zero attached hydrogens (tertiary/aromatic N) is 1. The first-order valence-electron chi connectivity index (χ1n) is 5.91. The van der Waals surface area contributed by atoms with Crippen LogP contribution in [0.5, 0.6) is 0 Å². The molecule has 0 bridgehead atoms. The number of amidine groups is 1. The van der Waals surface area contributed by atoms with Gasteiger partial charge in [0, 0.05) is 26.2 Å². The zero-order chi connectivity index (χ0) is 11.9. The van der Waals surface area contributed by atoms with E-state index in [1.165, 1.54) is 0 Å². The van der Waals surface area contributed by atoms with Crippen LogP contribution in [0.3, 0.4) is 0 Å². The molecule has 0 aliphatic carbocycles. The van der Waals surface area contributed by atoms with Gasteiger partial charge in [0.1, 0.15) is 5.84 Å². The van der Waals surface area contributed by atoms with Gasteiger partial charge in [0.15, 0.2) is 0 Å².